The molecule has 0 saturated carbocycles. The minimum absolute atomic E-state index is 0.204. The maximum absolute atomic E-state index is 11.3. The first kappa shape index (κ1) is 11.9. The van der Waals surface area contributed by atoms with Crippen LogP contribution in [0, 0.1) is 0 Å². The van der Waals surface area contributed by atoms with E-state index >= 15 is 0 Å². The summed E-state index contributed by atoms with van der Waals surface area (Å²) in [6.45, 7) is 0. The number of H-pyrrole nitrogens is 1. The van der Waals surface area contributed by atoms with Crippen molar-refractivity contribution in [1.29, 1.82) is 0 Å². The lowest BCUT2D eigenvalue weighted by molar-refractivity contribution is 0.450. The van der Waals surface area contributed by atoms with E-state index in [9.17, 15) is 9.90 Å². The molecule has 0 fully saturated rings. The van der Waals surface area contributed by atoms with Gasteiger partial charge in [-0.15, -0.1) is 0 Å². The molecule has 17 heavy (non-hydrogen) atoms. The van der Waals surface area contributed by atoms with Gasteiger partial charge in [-0.05, 0) is 31.3 Å². The smallest absolute Gasteiger partial charge is 0.254 e. The van der Waals surface area contributed by atoms with Crippen molar-refractivity contribution in [1.82, 2.24) is 9.97 Å². The first-order chi connectivity index (χ1) is 8.25. The molecular weight excluding hydrogens is 216 g/mol. The fraction of sp³-hybridized carbons (Fsp3) is 0.538. The van der Waals surface area contributed by atoms with Crippen molar-refractivity contribution in [2.24, 2.45) is 0 Å². The molecule has 0 bridgehead atoms. The maximum Gasteiger partial charge on any atom is 0.254 e. The topological polar surface area (TPSA) is 66.0 Å². The molecule has 4 nitrogen and oxygen atoms in total. The van der Waals surface area contributed by atoms with Gasteiger partial charge in [-0.1, -0.05) is 25.3 Å². The Balaban J connectivity index is 2.25. The lowest BCUT2D eigenvalue weighted by atomic mass is 10.1. The second kappa shape index (κ2) is 5.66. The van der Waals surface area contributed by atoms with Crippen LogP contribution in [-0.4, -0.2) is 15.1 Å². The van der Waals surface area contributed by atoms with Crippen molar-refractivity contribution in [3.8, 4) is 5.88 Å². The number of aromatic nitrogens is 2. The van der Waals surface area contributed by atoms with E-state index in [0.29, 0.717) is 5.82 Å². The van der Waals surface area contributed by atoms with Crippen molar-refractivity contribution >= 4 is 5.57 Å². The average Bonchev–Trinajstić information content (AvgIpc) is 2.40. The molecule has 92 valence electrons. The van der Waals surface area contributed by atoms with E-state index in [4.69, 9.17) is 0 Å². The number of aromatic amines is 1. The highest BCUT2D eigenvalue weighted by molar-refractivity contribution is 5.59. The molecule has 4 heteroatoms. The highest BCUT2D eigenvalue weighted by Crippen LogP contribution is 2.22. The number of nitrogens with zero attached hydrogens (tertiary/aromatic N) is 1. The van der Waals surface area contributed by atoms with E-state index in [0.717, 1.165) is 30.9 Å². The summed E-state index contributed by atoms with van der Waals surface area (Å²) in [4.78, 5) is 18.0. The van der Waals surface area contributed by atoms with Gasteiger partial charge in [0.15, 0.2) is 0 Å². The van der Waals surface area contributed by atoms with Gasteiger partial charge in [0, 0.05) is 0 Å². The minimum atomic E-state index is -0.298. The Labute approximate surface area is 100 Å². The molecule has 0 aliphatic heterocycles. The van der Waals surface area contributed by atoms with Gasteiger partial charge < -0.3 is 10.1 Å². The molecule has 1 aliphatic carbocycles. The zero-order chi connectivity index (χ0) is 12.1. The fourth-order valence-electron chi connectivity index (χ4n) is 2.18. The number of allylic oxidation sites excluding steroid dienone is 2. The number of hydrogen-bond donors (Lipinski definition) is 2. The monoisotopic (exact) mass is 234 g/mol. The molecule has 0 atom stereocenters. The summed E-state index contributed by atoms with van der Waals surface area (Å²) in [6, 6.07) is 1.10. The van der Waals surface area contributed by atoms with Crippen LogP contribution < -0.4 is 5.56 Å². The van der Waals surface area contributed by atoms with Crippen molar-refractivity contribution in [2.45, 2.75) is 44.9 Å². The fourth-order valence-corrected chi connectivity index (χ4v) is 2.18. The summed E-state index contributed by atoms with van der Waals surface area (Å²) in [6.07, 6.45) is 10.2. The third kappa shape index (κ3) is 3.44. The molecule has 1 aromatic heterocycles. The van der Waals surface area contributed by atoms with Gasteiger partial charge in [-0.3, -0.25) is 4.79 Å². The van der Waals surface area contributed by atoms with Gasteiger partial charge in [-0.25, -0.2) is 0 Å². The SMILES string of the molecule is O=c1cc(O)nc(C2=CCCCCCCC2)[nH]1. The maximum atomic E-state index is 11.3. The van der Waals surface area contributed by atoms with E-state index in [2.05, 4.69) is 16.0 Å². The summed E-state index contributed by atoms with van der Waals surface area (Å²) < 4.78 is 0. The van der Waals surface area contributed by atoms with E-state index in [1.165, 1.54) is 25.7 Å². The van der Waals surface area contributed by atoms with Crippen LogP contribution in [-0.2, 0) is 0 Å². The molecule has 0 amide bonds. The molecule has 1 heterocycles. The average molecular weight is 234 g/mol. The molecule has 0 aromatic carbocycles. The molecule has 0 unspecified atom stereocenters. The second-order valence-corrected chi connectivity index (χ2v) is 4.49. The Morgan fingerprint density at radius 3 is 2.76 bits per heavy atom. The van der Waals surface area contributed by atoms with Crippen molar-refractivity contribution in [3.05, 3.63) is 28.3 Å². The number of hydrogen-bond acceptors (Lipinski definition) is 3. The summed E-state index contributed by atoms with van der Waals surface area (Å²) in [5.74, 6) is 0.321. The lowest BCUT2D eigenvalue weighted by Crippen LogP contribution is -2.09. The minimum Gasteiger partial charge on any atom is -0.493 e. The van der Waals surface area contributed by atoms with Crippen molar-refractivity contribution in [3.63, 3.8) is 0 Å². The van der Waals surface area contributed by atoms with Crippen molar-refractivity contribution in [2.75, 3.05) is 0 Å². The third-order valence-corrected chi connectivity index (χ3v) is 3.07. The molecule has 1 aliphatic rings. The summed E-state index contributed by atoms with van der Waals surface area (Å²) in [5, 5.41) is 9.35. The van der Waals surface area contributed by atoms with Gasteiger partial charge in [0.2, 0.25) is 5.88 Å². The lowest BCUT2D eigenvalue weighted by Gasteiger charge is -2.06. The van der Waals surface area contributed by atoms with Crippen LogP contribution in [0.25, 0.3) is 5.57 Å². The molecular formula is C13H18N2O2. The number of aromatic hydroxyl groups is 1. The van der Waals surface area contributed by atoms with Gasteiger partial charge >= 0.3 is 0 Å². The largest absolute Gasteiger partial charge is 0.493 e. The van der Waals surface area contributed by atoms with Crippen LogP contribution >= 0.6 is 0 Å². The Hall–Kier alpha value is -1.58. The molecule has 2 N–H and O–H groups in total. The van der Waals surface area contributed by atoms with Crippen LogP contribution in [0.1, 0.15) is 50.8 Å². The standard InChI is InChI=1S/C13H18N2O2/c16-11-9-12(17)15-13(14-11)10-7-5-3-1-2-4-6-8-10/h7,9H,1-6,8H2,(H2,14,15,16,17). The van der Waals surface area contributed by atoms with Crippen molar-refractivity contribution < 1.29 is 5.11 Å². The molecule has 0 saturated heterocycles. The van der Waals surface area contributed by atoms with Gasteiger partial charge in [0.25, 0.3) is 5.56 Å². The predicted molar refractivity (Wildman–Crippen MR) is 66.8 cm³/mol. The highest BCUT2D eigenvalue weighted by Gasteiger charge is 2.08. The van der Waals surface area contributed by atoms with Crippen LogP contribution in [0.15, 0.2) is 16.9 Å². The van der Waals surface area contributed by atoms with Crippen LogP contribution in [0.2, 0.25) is 0 Å². The van der Waals surface area contributed by atoms with E-state index in [1.54, 1.807) is 0 Å². The van der Waals surface area contributed by atoms with Gasteiger partial charge in [0.05, 0.1) is 6.07 Å². The van der Waals surface area contributed by atoms with Gasteiger partial charge in [-0.2, -0.15) is 4.98 Å². The van der Waals surface area contributed by atoms with Gasteiger partial charge in [0.1, 0.15) is 5.82 Å². The Kier molecular flexibility index (Phi) is 3.96. The summed E-state index contributed by atoms with van der Waals surface area (Å²) >= 11 is 0. The zero-order valence-corrected chi connectivity index (χ0v) is 9.91. The first-order valence-corrected chi connectivity index (χ1v) is 6.25. The number of rotatable bonds is 1. The highest BCUT2D eigenvalue weighted by atomic mass is 16.3. The summed E-state index contributed by atoms with van der Waals surface area (Å²) in [7, 11) is 0. The number of nitrogens with one attached hydrogen (secondary N) is 1. The predicted octanol–water partition coefficient (Wildman–Crippen LogP) is 2.60. The summed E-state index contributed by atoms with van der Waals surface area (Å²) in [5.41, 5.74) is 0.758. The van der Waals surface area contributed by atoms with E-state index in [-0.39, 0.29) is 11.4 Å². The van der Waals surface area contributed by atoms with Crippen LogP contribution in [0.3, 0.4) is 0 Å². The van der Waals surface area contributed by atoms with Crippen LogP contribution in [0.4, 0.5) is 0 Å². The van der Waals surface area contributed by atoms with E-state index in [1.807, 2.05) is 0 Å². The molecule has 2 rings (SSSR count). The molecule has 1 aromatic rings. The Morgan fingerprint density at radius 1 is 1.18 bits per heavy atom. The van der Waals surface area contributed by atoms with E-state index < -0.39 is 0 Å². The Bertz CT molecular complexity index is 463. The normalized spacial score (nSPS) is 17.8. The molecule has 0 spiro atoms. The Morgan fingerprint density at radius 2 is 1.94 bits per heavy atom. The first-order valence-electron chi connectivity index (χ1n) is 6.25. The molecule has 0 radical (unpaired) electrons. The quantitative estimate of drug-likeness (QED) is 0.785. The van der Waals surface area contributed by atoms with Crippen LogP contribution in [0.5, 0.6) is 5.88 Å². The zero-order valence-electron chi connectivity index (χ0n) is 9.91. The third-order valence-electron chi connectivity index (χ3n) is 3.07. The second-order valence-electron chi connectivity index (χ2n) is 4.49.